The SMILES string of the molecule is CCCCOCCC(CCl)C(C)C. The minimum absolute atomic E-state index is 0.614. The van der Waals surface area contributed by atoms with E-state index in [0.717, 1.165) is 25.5 Å². The minimum Gasteiger partial charge on any atom is -0.381 e. The monoisotopic (exact) mass is 206 g/mol. The molecule has 0 saturated carbocycles. The van der Waals surface area contributed by atoms with Gasteiger partial charge in [0.05, 0.1) is 0 Å². The normalized spacial score (nSPS) is 13.6. The van der Waals surface area contributed by atoms with Gasteiger partial charge in [-0.1, -0.05) is 27.2 Å². The molecule has 0 aromatic carbocycles. The highest BCUT2D eigenvalue weighted by molar-refractivity contribution is 6.18. The van der Waals surface area contributed by atoms with E-state index in [0.29, 0.717) is 11.8 Å². The first kappa shape index (κ1) is 13.2. The van der Waals surface area contributed by atoms with Gasteiger partial charge in [-0.15, -0.1) is 11.6 Å². The Kier molecular flexibility index (Phi) is 9.00. The van der Waals surface area contributed by atoms with E-state index in [1.165, 1.54) is 12.8 Å². The van der Waals surface area contributed by atoms with Crippen LogP contribution in [0.3, 0.4) is 0 Å². The Bertz CT molecular complexity index is 104. The van der Waals surface area contributed by atoms with E-state index < -0.39 is 0 Å². The summed E-state index contributed by atoms with van der Waals surface area (Å²) in [6, 6.07) is 0. The van der Waals surface area contributed by atoms with Crippen LogP contribution < -0.4 is 0 Å². The van der Waals surface area contributed by atoms with Gasteiger partial charge >= 0.3 is 0 Å². The van der Waals surface area contributed by atoms with Crippen LogP contribution in [0.4, 0.5) is 0 Å². The molecule has 0 radical (unpaired) electrons. The summed E-state index contributed by atoms with van der Waals surface area (Å²) in [4.78, 5) is 0. The van der Waals surface area contributed by atoms with Gasteiger partial charge in [0, 0.05) is 19.1 Å². The molecule has 1 unspecified atom stereocenters. The van der Waals surface area contributed by atoms with Crippen LogP contribution in [-0.4, -0.2) is 19.1 Å². The highest BCUT2D eigenvalue weighted by atomic mass is 35.5. The second kappa shape index (κ2) is 8.83. The average molecular weight is 207 g/mol. The maximum atomic E-state index is 5.85. The van der Waals surface area contributed by atoms with Crippen molar-refractivity contribution >= 4 is 11.6 Å². The molecule has 80 valence electrons. The molecule has 0 aliphatic carbocycles. The lowest BCUT2D eigenvalue weighted by atomic mass is 9.95. The Balaban J connectivity index is 3.28. The maximum absolute atomic E-state index is 5.85. The molecule has 0 saturated heterocycles. The summed E-state index contributed by atoms with van der Waals surface area (Å²) in [5.74, 6) is 2.05. The first-order chi connectivity index (χ1) is 6.22. The number of rotatable bonds is 8. The molecule has 1 nitrogen and oxygen atoms in total. The smallest absolute Gasteiger partial charge is 0.0469 e. The van der Waals surface area contributed by atoms with Gasteiger partial charge in [-0.2, -0.15) is 0 Å². The summed E-state index contributed by atoms with van der Waals surface area (Å²) in [5, 5.41) is 0. The molecule has 0 aromatic heterocycles. The Morgan fingerprint density at radius 1 is 1.23 bits per heavy atom. The lowest BCUT2D eigenvalue weighted by Gasteiger charge is -2.17. The fraction of sp³-hybridized carbons (Fsp3) is 1.00. The largest absolute Gasteiger partial charge is 0.381 e. The Labute approximate surface area is 87.8 Å². The molecule has 1 atom stereocenters. The van der Waals surface area contributed by atoms with Crippen molar-refractivity contribution in [3.8, 4) is 0 Å². The van der Waals surface area contributed by atoms with Crippen LogP contribution in [0.2, 0.25) is 0 Å². The van der Waals surface area contributed by atoms with Gasteiger partial charge in [0.15, 0.2) is 0 Å². The van der Waals surface area contributed by atoms with Crippen LogP contribution in [0.15, 0.2) is 0 Å². The lowest BCUT2D eigenvalue weighted by Crippen LogP contribution is -2.13. The molecule has 0 aliphatic rings. The highest BCUT2D eigenvalue weighted by Crippen LogP contribution is 2.16. The highest BCUT2D eigenvalue weighted by Gasteiger charge is 2.11. The van der Waals surface area contributed by atoms with E-state index in [4.69, 9.17) is 16.3 Å². The van der Waals surface area contributed by atoms with E-state index >= 15 is 0 Å². The first-order valence-electron chi connectivity index (χ1n) is 5.36. The van der Waals surface area contributed by atoms with Crippen LogP contribution >= 0.6 is 11.6 Å². The van der Waals surface area contributed by atoms with Crippen LogP contribution in [0.25, 0.3) is 0 Å². The third-order valence-electron chi connectivity index (χ3n) is 2.42. The molecule has 0 heterocycles. The van der Waals surface area contributed by atoms with Gasteiger partial charge in [-0.05, 0) is 24.7 Å². The number of ether oxygens (including phenoxy) is 1. The third kappa shape index (κ3) is 7.33. The maximum Gasteiger partial charge on any atom is 0.0469 e. The van der Waals surface area contributed by atoms with E-state index in [2.05, 4.69) is 20.8 Å². The topological polar surface area (TPSA) is 9.23 Å². The lowest BCUT2D eigenvalue weighted by molar-refractivity contribution is 0.114. The molecule has 13 heavy (non-hydrogen) atoms. The number of alkyl halides is 1. The number of hydrogen-bond acceptors (Lipinski definition) is 1. The summed E-state index contributed by atoms with van der Waals surface area (Å²) < 4.78 is 5.50. The van der Waals surface area contributed by atoms with Crippen LogP contribution in [0.5, 0.6) is 0 Å². The molecular weight excluding hydrogens is 184 g/mol. The van der Waals surface area contributed by atoms with E-state index in [1.807, 2.05) is 0 Å². The van der Waals surface area contributed by atoms with Gasteiger partial charge in [0.2, 0.25) is 0 Å². The quantitative estimate of drug-likeness (QED) is 0.435. The van der Waals surface area contributed by atoms with E-state index in [-0.39, 0.29) is 0 Å². The second-order valence-electron chi connectivity index (χ2n) is 3.91. The first-order valence-corrected chi connectivity index (χ1v) is 5.89. The standard InChI is InChI=1S/C11H23ClO/c1-4-5-7-13-8-6-11(9-12)10(2)3/h10-11H,4-9H2,1-3H3. The molecule has 0 aliphatic heterocycles. The van der Waals surface area contributed by atoms with E-state index in [1.54, 1.807) is 0 Å². The molecule has 0 bridgehead atoms. The molecular formula is C11H23ClO. The van der Waals surface area contributed by atoms with Crippen molar-refractivity contribution in [3.63, 3.8) is 0 Å². The molecule has 0 spiro atoms. The zero-order valence-electron chi connectivity index (χ0n) is 9.18. The number of hydrogen-bond donors (Lipinski definition) is 0. The summed E-state index contributed by atoms with van der Waals surface area (Å²) in [5.41, 5.74) is 0. The fourth-order valence-electron chi connectivity index (χ4n) is 1.17. The van der Waals surface area contributed by atoms with Gasteiger partial charge in [-0.25, -0.2) is 0 Å². The van der Waals surface area contributed by atoms with Crippen molar-refractivity contribution in [2.75, 3.05) is 19.1 Å². The predicted octanol–water partition coefficient (Wildman–Crippen LogP) is 3.70. The summed E-state index contributed by atoms with van der Waals surface area (Å²) >= 11 is 5.85. The van der Waals surface area contributed by atoms with Crippen LogP contribution in [-0.2, 0) is 4.74 Å². The predicted molar refractivity (Wildman–Crippen MR) is 59.4 cm³/mol. The second-order valence-corrected chi connectivity index (χ2v) is 4.22. The molecule has 0 aromatic rings. The van der Waals surface area contributed by atoms with Crippen LogP contribution in [0, 0.1) is 11.8 Å². The molecule has 0 N–H and O–H groups in total. The zero-order valence-corrected chi connectivity index (χ0v) is 9.94. The van der Waals surface area contributed by atoms with Crippen molar-refractivity contribution in [2.45, 2.75) is 40.0 Å². The van der Waals surface area contributed by atoms with Crippen molar-refractivity contribution in [2.24, 2.45) is 11.8 Å². The molecule has 0 fully saturated rings. The Hall–Kier alpha value is 0.250. The Morgan fingerprint density at radius 2 is 1.92 bits per heavy atom. The summed E-state index contributed by atoms with van der Waals surface area (Å²) in [7, 11) is 0. The minimum atomic E-state index is 0.614. The van der Waals surface area contributed by atoms with E-state index in [9.17, 15) is 0 Å². The van der Waals surface area contributed by atoms with Crippen molar-refractivity contribution in [3.05, 3.63) is 0 Å². The number of unbranched alkanes of at least 4 members (excludes halogenated alkanes) is 1. The third-order valence-corrected chi connectivity index (χ3v) is 2.81. The van der Waals surface area contributed by atoms with Crippen LogP contribution in [0.1, 0.15) is 40.0 Å². The van der Waals surface area contributed by atoms with Gasteiger partial charge < -0.3 is 4.74 Å². The summed E-state index contributed by atoms with van der Waals surface area (Å²) in [6.45, 7) is 8.40. The molecule has 0 amide bonds. The van der Waals surface area contributed by atoms with Crippen molar-refractivity contribution in [1.29, 1.82) is 0 Å². The number of halogens is 1. The summed E-state index contributed by atoms with van der Waals surface area (Å²) in [6.07, 6.45) is 3.49. The average Bonchev–Trinajstić information content (AvgIpc) is 2.10. The Morgan fingerprint density at radius 3 is 2.38 bits per heavy atom. The molecule has 2 heteroatoms. The fourth-order valence-corrected chi connectivity index (χ4v) is 1.68. The van der Waals surface area contributed by atoms with Gasteiger partial charge in [-0.3, -0.25) is 0 Å². The zero-order chi connectivity index (χ0) is 10.1. The molecule has 0 rings (SSSR count). The van der Waals surface area contributed by atoms with Crippen molar-refractivity contribution in [1.82, 2.24) is 0 Å². The van der Waals surface area contributed by atoms with Gasteiger partial charge in [0.1, 0.15) is 0 Å². The van der Waals surface area contributed by atoms with Crippen molar-refractivity contribution < 1.29 is 4.74 Å². The van der Waals surface area contributed by atoms with Gasteiger partial charge in [0.25, 0.3) is 0 Å².